The molecule has 0 unspecified atom stereocenters. The molecule has 32 heavy (non-hydrogen) atoms. The van der Waals surface area contributed by atoms with Crippen molar-refractivity contribution >= 4 is 52.9 Å². The number of anilines is 1. The topological polar surface area (TPSA) is 92.2 Å². The third-order valence-electron chi connectivity index (χ3n) is 4.67. The predicted octanol–water partition coefficient (Wildman–Crippen LogP) is 4.41. The van der Waals surface area contributed by atoms with Gasteiger partial charge in [-0.1, -0.05) is 23.2 Å². The summed E-state index contributed by atoms with van der Waals surface area (Å²) < 4.78 is 7.33. The molecular formula is C21H21Cl2N5O3S. The zero-order chi connectivity index (χ0) is 23.3. The van der Waals surface area contributed by atoms with E-state index in [1.54, 1.807) is 36.9 Å². The number of rotatable bonds is 8. The van der Waals surface area contributed by atoms with E-state index in [9.17, 15) is 9.59 Å². The number of methoxy groups -OCH3 is 1. The highest BCUT2D eigenvalue weighted by Crippen LogP contribution is 2.25. The molecule has 168 valence electrons. The van der Waals surface area contributed by atoms with E-state index in [1.165, 1.54) is 4.90 Å². The third kappa shape index (κ3) is 5.87. The van der Waals surface area contributed by atoms with Gasteiger partial charge in [-0.3, -0.25) is 19.3 Å². The minimum absolute atomic E-state index is 0.110. The van der Waals surface area contributed by atoms with E-state index in [0.717, 1.165) is 11.3 Å². The average Bonchev–Trinajstić information content (AvgIpc) is 3.14. The van der Waals surface area contributed by atoms with Gasteiger partial charge in [-0.15, -0.1) is 0 Å². The first kappa shape index (κ1) is 23.8. The van der Waals surface area contributed by atoms with Gasteiger partial charge in [-0.2, -0.15) is 5.10 Å². The summed E-state index contributed by atoms with van der Waals surface area (Å²) in [4.78, 5) is 26.2. The number of nitrogens with zero attached hydrogens (tertiary/aromatic N) is 3. The second-order valence-electron chi connectivity index (χ2n) is 6.91. The molecule has 0 aliphatic carbocycles. The van der Waals surface area contributed by atoms with Gasteiger partial charge in [0.05, 0.1) is 23.7 Å². The van der Waals surface area contributed by atoms with Gasteiger partial charge in [-0.05, 0) is 54.7 Å². The van der Waals surface area contributed by atoms with Crippen LogP contribution < -0.4 is 10.1 Å². The molecule has 0 fully saturated rings. The Morgan fingerprint density at radius 2 is 1.91 bits per heavy atom. The van der Waals surface area contributed by atoms with E-state index >= 15 is 0 Å². The smallest absolute Gasteiger partial charge is 0.243 e. The van der Waals surface area contributed by atoms with Crippen LogP contribution in [0.2, 0.25) is 10.0 Å². The number of hydrogen-bond acceptors (Lipinski definition) is 5. The van der Waals surface area contributed by atoms with Crippen molar-refractivity contribution in [3.8, 4) is 17.1 Å². The molecule has 2 amide bonds. The van der Waals surface area contributed by atoms with Crippen molar-refractivity contribution in [3.63, 3.8) is 0 Å². The van der Waals surface area contributed by atoms with Crippen LogP contribution in [0.25, 0.3) is 11.4 Å². The predicted molar refractivity (Wildman–Crippen MR) is 127 cm³/mol. The fraction of sp³-hybridized carbons (Fsp3) is 0.238. The maximum atomic E-state index is 12.6. The van der Waals surface area contributed by atoms with Crippen molar-refractivity contribution in [2.45, 2.75) is 13.0 Å². The Hall–Kier alpha value is -2.88. The SMILES string of the molecule is COc1ccc(-c2n[nH]c(=S)n2CCC(=O)N(C)CC(=O)Nc2ccc(Cl)c(Cl)c2)cc1. The number of aromatic amines is 1. The summed E-state index contributed by atoms with van der Waals surface area (Å²) in [6.45, 7) is 0.204. The standard InChI is InChI=1S/C21H21Cl2N5O3S/c1-27(12-18(29)24-14-5-8-16(22)17(23)11-14)19(30)9-10-28-20(25-26-21(28)32)13-3-6-15(31-2)7-4-13/h3-8,11H,9-10,12H2,1-2H3,(H,24,29)(H,26,32). The van der Waals surface area contributed by atoms with E-state index in [2.05, 4.69) is 15.5 Å². The highest BCUT2D eigenvalue weighted by molar-refractivity contribution is 7.71. The number of likely N-dealkylation sites (N-methyl/N-ethyl adjacent to an activating group) is 1. The van der Waals surface area contributed by atoms with Gasteiger partial charge in [0.25, 0.3) is 0 Å². The molecule has 1 heterocycles. The van der Waals surface area contributed by atoms with Crippen LogP contribution in [0.5, 0.6) is 5.75 Å². The molecular weight excluding hydrogens is 473 g/mol. The quantitative estimate of drug-likeness (QED) is 0.453. The number of hydrogen-bond donors (Lipinski definition) is 2. The Labute approximate surface area is 200 Å². The van der Waals surface area contributed by atoms with Gasteiger partial charge in [0.1, 0.15) is 5.75 Å². The molecule has 3 rings (SSSR count). The molecule has 0 aliphatic heterocycles. The molecule has 0 radical (unpaired) electrons. The molecule has 8 nitrogen and oxygen atoms in total. The summed E-state index contributed by atoms with van der Waals surface area (Å²) in [5.41, 5.74) is 1.33. The Morgan fingerprint density at radius 1 is 1.19 bits per heavy atom. The van der Waals surface area contributed by atoms with E-state index in [0.29, 0.717) is 32.9 Å². The molecule has 0 spiro atoms. The largest absolute Gasteiger partial charge is 0.497 e. The summed E-state index contributed by atoms with van der Waals surface area (Å²) in [6.07, 6.45) is 0.146. The fourth-order valence-corrected chi connectivity index (χ4v) is 3.48. The highest BCUT2D eigenvalue weighted by atomic mass is 35.5. The van der Waals surface area contributed by atoms with E-state index in [4.69, 9.17) is 40.2 Å². The summed E-state index contributed by atoms with van der Waals surface area (Å²) in [5.74, 6) is 0.784. The van der Waals surface area contributed by atoms with Crippen LogP contribution in [0.4, 0.5) is 5.69 Å². The number of nitrogens with one attached hydrogen (secondary N) is 2. The second kappa shape index (κ2) is 10.6. The maximum absolute atomic E-state index is 12.6. The zero-order valence-electron chi connectivity index (χ0n) is 17.4. The number of amides is 2. The van der Waals surface area contributed by atoms with Crippen molar-refractivity contribution in [2.75, 3.05) is 26.0 Å². The molecule has 0 bridgehead atoms. The Balaban J connectivity index is 1.59. The second-order valence-corrected chi connectivity index (χ2v) is 8.11. The normalized spacial score (nSPS) is 10.6. The molecule has 0 atom stereocenters. The van der Waals surface area contributed by atoms with E-state index in [1.807, 2.05) is 24.3 Å². The van der Waals surface area contributed by atoms with Crippen LogP contribution in [0.15, 0.2) is 42.5 Å². The minimum Gasteiger partial charge on any atom is -0.497 e. The van der Waals surface area contributed by atoms with Crippen LogP contribution in [0, 0.1) is 4.77 Å². The summed E-state index contributed by atoms with van der Waals surface area (Å²) in [7, 11) is 3.16. The first-order valence-corrected chi connectivity index (χ1v) is 10.7. The fourth-order valence-electron chi connectivity index (χ4n) is 2.96. The van der Waals surface area contributed by atoms with Gasteiger partial charge < -0.3 is 15.0 Å². The Bertz CT molecular complexity index is 1180. The number of halogens is 2. The van der Waals surface area contributed by atoms with Crippen molar-refractivity contribution in [2.24, 2.45) is 0 Å². The molecule has 0 saturated heterocycles. The van der Waals surface area contributed by atoms with Crippen LogP contribution in [0.1, 0.15) is 6.42 Å². The molecule has 2 N–H and O–H groups in total. The lowest BCUT2D eigenvalue weighted by Crippen LogP contribution is -2.35. The Morgan fingerprint density at radius 3 is 2.56 bits per heavy atom. The van der Waals surface area contributed by atoms with E-state index < -0.39 is 0 Å². The maximum Gasteiger partial charge on any atom is 0.243 e. The lowest BCUT2D eigenvalue weighted by molar-refractivity contribution is -0.133. The van der Waals surface area contributed by atoms with Crippen LogP contribution in [-0.2, 0) is 16.1 Å². The van der Waals surface area contributed by atoms with Gasteiger partial charge in [0, 0.05) is 31.3 Å². The number of aromatic nitrogens is 3. The van der Waals surface area contributed by atoms with Crippen LogP contribution >= 0.6 is 35.4 Å². The molecule has 0 aliphatic rings. The van der Waals surface area contributed by atoms with Crippen molar-refractivity contribution < 1.29 is 14.3 Å². The minimum atomic E-state index is -0.349. The van der Waals surface area contributed by atoms with Crippen LogP contribution in [0.3, 0.4) is 0 Å². The molecule has 11 heteroatoms. The van der Waals surface area contributed by atoms with Crippen molar-refractivity contribution in [3.05, 3.63) is 57.3 Å². The van der Waals surface area contributed by atoms with Crippen molar-refractivity contribution in [1.29, 1.82) is 0 Å². The first-order valence-electron chi connectivity index (χ1n) is 9.57. The first-order chi connectivity index (χ1) is 15.3. The molecule has 3 aromatic rings. The number of benzene rings is 2. The van der Waals surface area contributed by atoms with Crippen LogP contribution in [-0.4, -0.2) is 52.2 Å². The van der Waals surface area contributed by atoms with E-state index in [-0.39, 0.29) is 24.8 Å². The summed E-state index contributed by atoms with van der Waals surface area (Å²) in [5, 5.41) is 10.4. The monoisotopic (exact) mass is 493 g/mol. The number of carbonyl (C=O) groups excluding carboxylic acids is 2. The zero-order valence-corrected chi connectivity index (χ0v) is 19.7. The third-order valence-corrected chi connectivity index (χ3v) is 5.72. The molecule has 0 saturated carbocycles. The van der Waals surface area contributed by atoms with Crippen molar-refractivity contribution in [1.82, 2.24) is 19.7 Å². The molecule has 1 aromatic heterocycles. The van der Waals surface area contributed by atoms with Gasteiger partial charge in [0.15, 0.2) is 10.6 Å². The average molecular weight is 494 g/mol. The number of ether oxygens (including phenoxy) is 1. The lowest BCUT2D eigenvalue weighted by Gasteiger charge is -2.17. The van der Waals surface area contributed by atoms with Gasteiger partial charge in [-0.25, -0.2) is 0 Å². The summed E-state index contributed by atoms with van der Waals surface area (Å²) >= 11 is 17.1. The van der Waals surface area contributed by atoms with Gasteiger partial charge in [0.2, 0.25) is 11.8 Å². The molecule has 2 aromatic carbocycles. The van der Waals surface area contributed by atoms with Gasteiger partial charge >= 0.3 is 0 Å². The number of carbonyl (C=O) groups is 2. The lowest BCUT2D eigenvalue weighted by atomic mass is 10.2. The highest BCUT2D eigenvalue weighted by Gasteiger charge is 2.16. The Kier molecular flexibility index (Phi) is 7.89. The number of H-pyrrole nitrogens is 1. The summed E-state index contributed by atoms with van der Waals surface area (Å²) in [6, 6.07) is 12.1.